The summed E-state index contributed by atoms with van der Waals surface area (Å²) in [6.07, 6.45) is 4.42. The van der Waals surface area contributed by atoms with Gasteiger partial charge in [0.15, 0.2) is 0 Å². The Morgan fingerprint density at radius 1 is 0.920 bits per heavy atom. The SMILES string of the molecule is O=C(C1CC1)N1CCC[C@H](C(=O)N2CCCc3c(F)ccc(F)c32)C1. The van der Waals surface area contributed by atoms with Gasteiger partial charge in [0.2, 0.25) is 11.8 Å². The van der Waals surface area contributed by atoms with Crippen molar-refractivity contribution in [2.45, 2.75) is 38.5 Å². The van der Waals surface area contributed by atoms with Crippen LogP contribution in [0.5, 0.6) is 0 Å². The predicted molar refractivity (Wildman–Crippen MR) is 89.1 cm³/mol. The Balaban J connectivity index is 1.55. The molecule has 0 bridgehead atoms. The van der Waals surface area contributed by atoms with Crippen LogP contribution in [-0.2, 0) is 16.0 Å². The Hall–Kier alpha value is -1.98. The van der Waals surface area contributed by atoms with E-state index in [1.54, 1.807) is 4.90 Å². The maximum absolute atomic E-state index is 14.3. The first-order valence-electron chi connectivity index (χ1n) is 9.13. The van der Waals surface area contributed by atoms with Crippen molar-refractivity contribution >= 4 is 17.5 Å². The fourth-order valence-corrected chi connectivity index (χ4v) is 4.05. The highest BCUT2D eigenvalue weighted by Gasteiger charge is 2.39. The summed E-state index contributed by atoms with van der Waals surface area (Å²) < 4.78 is 28.4. The third-order valence-corrected chi connectivity index (χ3v) is 5.53. The zero-order chi connectivity index (χ0) is 17.6. The van der Waals surface area contributed by atoms with Crippen molar-refractivity contribution in [2.24, 2.45) is 11.8 Å². The Morgan fingerprint density at radius 2 is 1.68 bits per heavy atom. The van der Waals surface area contributed by atoms with Gasteiger partial charge >= 0.3 is 0 Å². The highest BCUT2D eigenvalue weighted by Crippen LogP contribution is 2.35. The number of amides is 2. The van der Waals surface area contributed by atoms with Crippen molar-refractivity contribution in [1.82, 2.24) is 4.90 Å². The molecule has 4 rings (SSSR count). The summed E-state index contributed by atoms with van der Waals surface area (Å²) >= 11 is 0. The average Bonchev–Trinajstić information content (AvgIpc) is 3.48. The van der Waals surface area contributed by atoms with Crippen LogP contribution in [0.1, 0.15) is 37.7 Å². The molecule has 2 heterocycles. The van der Waals surface area contributed by atoms with Gasteiger partial charge in [-0.15, -0.1) is 0 Å². The van der Waals surface area contributed by atoms with Gasteiger partial charge in [-0.05, 0) is 50.7 Å². The lowest BCUT2D eigenvalue weighted by molar-refractivity contribution is -0.136. The minimum absolute atomic E-state index is 0.0990. The Bertz CT molecular complexity index is 718. The molecule has 0 radical (unpaired) electrons. The second-order valence-electron chi connectivity index (χ2n) is 7.35. The minimum Gasteiger partial charge on any atom is -0.342 e. The normalized spacial score (nSPS) is 23.4. The first-order valence-corrected chi connectivity index (χ1v) is 9.13. The van der Waals surface area contributed by atoms with Crippen LogP contribution in [-0.4, -0.2) is 36.3 Å². The number of halogens is 2. The molecule has 1 saturated heterocycles. The van der Waals surface area contributed by atoms with Crippen molar-refractivity contribution in [1.29, 1.82) is 0 Å². The highest BCUT2D eigenvalue weighted by atomic mass is 19.1. The first-order chi connectivity index (χ1) is 12.1. The molecule has 1 aromatic rings. The first kappa shape index (κ1) is 16.5. The van der Waals surface area contributed by atoms with Crippen molar-refractivity contribution < 1.29 is 18.4 Å². The molecular weight excluding hydrogens is 326 g/mol. The standard InChI is InChI=1S/C19H22F2N2O2/c20-15-7-8-16(21)17-14(15)4-2-10-23(17)19(25)13-3-1-9-22(11-13)18(24)12-5-6-12/h7-8,12-13H,1-6,9-11H2/t13-/m0/s1. The largest absolute Gasteiger partial charge is 0.342 e. The number of benzene rings is 1. The Labute approximate surface area is 145 Å². The fraction of sp³-hybridized carbons (Fsp3) is 0.579. The number of hydrogen-bond donors (Lipinski definition) is 0. The molecule has 4 nitrogen and oxygen atoms in total. The summed E-state index contributed by atoms with van der Waals surface area (Å²) in [4.78, 5) is 28.5. The van der Waals surface area contributed by atoms with Gasteiger partial charge < -0.3 is 9.80 Å². The molecule has 2 aliphatic heterocycles. The van der Waals surface area contributed by atoms with Gasteiger partial charge in [-0.2, -0.15) is 0 Å². The molecule has 0 aromatic heterocycles. The molecule has 134 valence electrons. The van der Waals surface area contributed by atoms with Gasteiger partial charge in [-0.25, -0.2) is 8.78 Å². The van der Waals surface area contributed by atoms with Crippen LogP contribution in [0.4, 0.5) is 14.5 Å². The summed E-state index contributed by atoms with van der Waals surface area (Å²) in [6, 6.07) is 2.21. The van der Waals surface area contributed by atoms with Gasteiger partial charge in [-0.3, -0.25) is 9.59 Å². The molecule has 3 aliphatic rings. The third kappa shape index (κ3) is 3.02. The average molecular weight is 348 g/mol. The van der Waals surface area contributed by atoms with E-state index in [1.807, 2.05) is 0 Å². The molecule has 0 spiro atoms. The molecule has 2 fully saturated rings. The molecular formula is C19H22F2N2O2. The number of carbonyl (C=O) groups excluding carboxylic acids is 2. The number of piperidine rings is 1. The van der Waals surface area contributed by atoms with E-state index in [1.165, 1.54) is 4.90 Å². The zero-order valence-electron chi connectivity index (χ0n) is 14.1. The maximum Gasteiger partial charge on any atom is 0.231 e. The zero-order valence-corrected chi connectivity index (χ0v) is 14.1. The molecule has 25 heavy (non-hydrogen) atoms. The number of carbonyl (C=O) groups is 2. The molecule has 1 aromatic carbocycles. The van der Waals surface area contributed by atoms with Crippen LogP contribution in [0.2, 0.25) is 0 Å². The number of nitrogens with zero attached hydrogens (tertiary/aromatic N) is 2. The summed E-state index contributed by atoms with van der Waals surface area (Å²) in [6.45, 7) is 1.49. The second-order valence-corrected chi connectivity index (χ2v) is 7.35. The van der Waals surface area contributed by atoms with Crippen molar-refractivity contribution in [3.05, 3.63) is 29.3 Å². The molecule has 0 N–H and O–H groups in total. The molecule has 1 aliphatic carbocycles. The summed E-state index contributed by atoms with van der Waals surface area (Å²) in [5.74, 6) is -1.23. The van der Waals surface area contributed by atoms with E-state index in [0.29, 0.717) is 44.5 Å². The Morgan fingerprint density at radius 3 is 2.44 bits per heavy atom. The van der Waals surface area contributed by atoms with E-state index < -0.39 is 11.6 Å². The van der Waals surface area contributed by atoms with Gasteiger partial charge in [-0.1, -0.05) is 0 Å². The van der Waals surface area contributed by atoms with Crippen LogP contribution in [0.25, 0.3) is 0 Å². The number of fused-ring (bicyclic) bond motifs is 1. The summed E-state index contributed by atoms with van der Waals surface area (Å²) in [7, 11) is 0. The molecule has 0 unspecified atom stereocenters. The minimum atomic E-state index is -0.550. The van der Waals surface area contributed by atoms with Gasteiger partial charge in [0, 0.05) is 31.1 Å². The van der Waals surface area contributed by atoms with E-state index in [-0.39, 0.29) is 29.3 Å². The third-order valence-electron chi connectivity index (χ3n) is 5.53. The van der Waals surface area contributed by atoms with E-state index in [2.05, 4.69) is 0 Å². The van der Waals surface area contributed by atoms with Crippen LogP contribution >= 0.6 is 0 Å². The van der Waals surface area contributed by atoms with E-state index in [9.17, 15) is 18.4 Å². The van der Waals surface area contributed by atoms with Crippen molar-refractivity contribution in [3.8, 4) is 0 Å². The Kier molecular flexibility index (Phi) is 4.21. The maximum atomic E-state index is 14.3. The summed E-state index contributed by atoms with van der Waals surface area (Å²) in [5.41, 5.74) is 0.392. The van der Waals surface area contributed by atoms with E-state index >= 15 is 0 Å². The van der Waals surface area contributed by atoms with Crippen LogP contribution in [0, 0.1) is 23.5 Å². The van der Waals surface area contributed by atoms with Crippen molar-refractivity contribution in [3.63, 3.8) is 0 Å². The lowest BCUT2D eigenvalue weighted by Crippen LogP contribution is -2.48. The topological polar surface area (TPSA) is 40.6 Å². The molecule has 1 saturated carbocycles. The van der Waals surface area contributed by atoms with Gasteiger partial charge in [0.1, 0.15) is 11.6 Å². The quantitative estimate of drug-likeness (QED) is 0.825. The second kappa shape index (κ2) is 6.39. The van der Waals surface area contributed by atoms with Crippen LogP contribution < -0.4 is 4.90 Å². The molecule has 2 amide bonds. The number of rotatable bonds is 2. The van der Waals surface area contributed by atoms with Crippen molar-refractivity contribution in [2.75, 3.05) is 24.5 Å². The van der Waals surface area contributed by atoms with Gasteiger partial charge in [0.05, 0.1) is 11.6 Å². The fourth-order valence-electron chi connectivity index (χ4n) is 4.05. The van der Waals surface area contributed by atoms with Crippen LogP contribution in [0.15, 0.2) is 12.1 Å². The summed E-state index contributed by atoms with van der Waals surface area (Å²) in [5, 5.41) is 0. The number of likely N-dealkylation sites (tertiary alicyclic amines) is 1. The lowest BCUT2D eigenvalue weighted by atomic mass is 9.93. The smallest absolute Gasteiger partial charge is 0.231 e. The highest BCUT2D eigenvalue weighted by molar-refractivity contribution is 5.97. The predicted octanol–water partition coefficient (Wildman–Crippen LogP) is 2.89. The molecule has 1 atom stereocenters. The lowest BCUT2D eigenvalue weighted by Gasteiger charge is -2.37. The van der Waals surface area contributed by atoms with E-state index in [4.69, 9.17) is 0 Å². The van der Waals surface area contributed by atoms with Gasteiger partial charge in [0.25, 0.3) is 0 Å². The monoisotopic (exact) mass is 348 g/mol. The number of anilines is 1. The van der Waals surface area contributed by atoms with E-state index in [0.717, 1.165) is 31.4 Å². The molecule has 6 heteroatoms. The van der Waals surface area contributed by atoms with Crippen LogP contribution in [0.3, 0.4) is 0 Å². The number of hydrogen-bond acceptors (Lipinski definition) is 2.